The third kappa shape index (κ3) is 4.74. The molecule has 5 rings (SSSR count). The Kier molecular flexibility index (Phi) is 6.44. The van der Waals surface area contributed by atoms with Gasteiger partial charge in [-0.2, -0.15) is 5.10 Å². The van der Waals surface area contributed by atoms with Crippen molar-refractivity contribution in [3.05, 3.63) is 123 Å². The molecule has 0 fully saturated rings. The van der Waals surface area contributed by atoms with Gasteiger partial charge in [-0.05, 0) is 55.8 Å². The molecule has 1 aromatic heterocycles. The van der Waals surface area contributed by atoms with Gasteiger partial charge >= 0.3 is 0 Å². The number of nitrogens with zero attached hydrogens (tertiary/aromatic N) is 3. The van der Waals surface area contributed by atoms with Crippen LogP contribution in [0.4, 0.5) is 22.9 Å². The van der Waals surface area contributed by atoms with Crippen LogP contribution in [0.15, 0.2) is 96.3 Å². The van der Waals surface area contributed by atoms with Gasteiger partial charge < -0.3 is 16.0 Å². The highest BCUT2D eigenvalue weighted by Crippen LogP contribution is 2.38. The molecule has 1 atom stereocenters. The maximum atomic E-state index is 13.5. The molecule has 38 heavy (non-hydrogen) atoms. The van der Waals surface area contributed by atoms with Crippen LogP contribution in [0.5, 0.6) is 0 Å². The second-order valence-electron chi connectivity index (χ2n) is 8.91. The highest BCUT2D eigenvalue weighted by molar-refractivity contribution is 6.09. The van der Waals surface area contributed by atoms with Gasteiger partial charge in [0.2, 0.25) is 0 Å². The summed E-state index contributed by atoms with van der Waals surface area (Å²) in [7, 11) is 0. The van der Waals surface area contributed by atoms with E-state index in [9.17, 15) is 19.7 Å². The van der Waals surface area contributed by atoms with Crippen LogP contribution in [0.1, 0.15) is 34.5 Å². The van der Waals surface area contributed by atoms with Gasteiger partial charge in [0, 0.05) is 29.2 Å². The van der Waals surface area contributed by atoms with Crippen LogP contribution in [0.25, 0.3) is 0 Å². The number of carbonyl (C=O) groups excluding carboxylic acids is 2. The lowest BCUT2D eigenvalue weighted by atomic mass is 9.94. The maximum absolute atomic E-state index is 13.5. The number of rotatable bonds is 6. The first kappa shape index (κ1) is 24.4. The van der Waals surface area contributed by atoms with Gasteiger partial charge in [0.25, 0.3) is 17.5 Å². The standard InChI is InChI=1S/C28H24N6O4/c1-17-8-12-21(13-9-17)31-27(35)23-16-29-33-25(19-10-14-22(15-11-19)34(37)38)24(18(2)30-26(23)33)28(36)32-20-6-4-3-5-7-20/h3-16,25,30H,1-2H3,(H,31,35)(H,32,36)/t25-/m1/s1. The molecule has 4 aromatic rings. The number of allylic oxidation sites excluding steroid dienone is 1. The molecule has 1 aliphatic rings. The number of hydrogen-bond acceptors (Lipinski definition) is 6. The number of non-ortho nitro benzene ring substituents is 1. The fourth-order valence-corrected chi connectivity index (χ4v) is 4.36. The summed E-state index contributed by atoms with van der Waals surface area (Å²) in [5, 5.41) is 24.6. The summed E-state index contributed by atoms with van der Waals surface area (Å²) in [6.07, 6.45) is 1.44. The number of carbonyl (C=O) groups is 2. The first-order chi connectivity index (χ1) is 18.3. The number of hydrogen-bond donors (Lipinski definition) is 3. The number of nitro groups is 1. The van der Waals surface area contributed by atoms with E-state index in [0.29, 0.717) is 39.6 Å². The second kappa shape index (κ2) is 10.0. The predicted molar refractivity (Wildman–Crippen MR) is 144 cm³/mol. The van der Waals surface area contributed by atoms with Crippen molar-refractivity contribution in [3.8, 4) is 0 Å². The Bertz CT molecular complexity index is 1560. The summed E-state index contributed by atoms with van der Waals surface area (Å²) in [4.78, 5) is 37.4. The van der Waals surface area contributed by atoms with Gasteiger partial charge in [-0.1, -0.05) is 35.9 Å². The Morgan fingerprint density at radius 1 is 0.895 bits per heavy atom. The van der Waals surface area contributed by atoms with Crippen molar-refractivity contribution in [2.24, 2.45) is 0 Å². The smallest absolute Gasteiger partial charge is 0.269 e. The van der Waals surface area contributed by atoms with Gasteiger partial charge in [-0.15, -0.1) is 0 Å². The van der Waals surface area contributed by atoms with Crippen LogP contribution < -0.4 is 16.0 Å². The van der Waals surface area contributed by atoms with Crippen molar-refractivity contribution in [3.63, 3.8) is 0 Å². The van der Waals surface area contributed by atoms with E-state index in [1.54, 1.807) is 35.9 Å². The van der Waals surface area contributed by atoms with E-state index in [1.807, 2.05) is 49.4 Å². The number of nitro benzene ring substituents is 1. The zero-order valence-corrected chi connectivity index (χ0v) is 20.6. The molecule has 3 aromatic carbocycles. The topological polar surface area (TPSA) is 131 Å². The average molecular weight is 509 g/mol. The molecule has 0 unspecified atom stereocenters. The molecule has 0 radical (unpaired) electrons. The molecule has 2 amide bonds. The van der Waals surface area contributed by atoms with Crippen LogP contribution in [0, 0.1) is 17.0 Å². The zero-order valence-electron chi connectivity index (χ0n) is 20.6. The number of amides is 2. The van der Waals surface area contributed by atoms with Crippen molar-refractivity contribution in [2.45, 2.75) is 19.9 Å². The molecule has 190 valence electrons. The van der Waals surface area contributed by atoms with Crippen LogP contribution in [-0.4, -0.2) is 26.5 Å². The van der Waals surface area contributed by atoms with Crippen molar-refractivity contribution in [2.75, 3.05) is 16.0 Å². The number of nitrogens with one attached hydrogen (secondary N) is 3. The summed E-state index contributed by atoms with van der Waals surface area (Å²) in [6, 6.07) is 21.7. The van der Waals surface area contributed by atoms with Gasteiger partial charge in [-0.25, -0.2) is 4.68 Å². The monoisotopic (exact) mass is 508 g/mol. The lowest BCUT2D eigenvalue weighted by molar-refractivity contribution is -0.384. The summed E-state index contributed by atoms with van der Waals surface area (Å²) in [5.74, 6) is -0.321. The second-order valence-corrected chi connectivity index (χ2v) is 8.91. The molecule has 0 saturated carbocycles. The zero-order chi connectivity index (χ0) is 26.8. The molecule has 0 bridgehead atoms. The van der Waals surface area contributed by atoms with Crippen molar-refractivity contribution < 1.29 is 14.5 Å². The minimum atomic E-state index is -0.739. The highest BCUT2D eigenvalue weighted by Gasteiger charge is 2.35. The summed E-state index contributed by atoms with van der Waals surface area (Å²) < 4.78 is 1.55. The molecule has 0 spiro atoms. The Balaban J connectivity index is 1.54. The summed E-state index contributed by atoms with van der Waals surface area (Å²) in [6.45, 7) is 3.71. The van der Waals surface area contributed by atoms with E-state index in [2.05, 4.69) is 21.0 Å². The average Bonchev–Trinajstić information content (AvgIpc) is 3.33. The first-order valence-electron chi connectivity index (χ1n) is 11.9. The molecular formula is C28H24N6O4. The van der Waals surface area contributed by atoms with E-state index in [1.165, 1.54) is 18.3 Å². The van der Waals surface area contributed by atoms with E-state index >= 15 is 0 Å². The Morgan fingerprint density at radius 2 is 1.53 bits per heavy atom. The fourth-order valence-electron chi connectivity index (χ4n) is 4.36. The minimum absolute atomic E-state index is 0.0717. The van der Waals surface area contributed by atoms with Gasteiger partial charge in [0.1, 0.15) is 17.4 Å². The van der Waals surface area contributed by atoms with Crippen molar-refractivity contribution in [1.29, 1.82) is 0 Å². The summed E-state index contributed by atoms with van der Waals surface area (Å²) >= 11 is 0. The van der Waals surface area contributed by atoms with Crippen LogP contribution in [0.2, 0.25) is 0 Å². The number of fused-ring (bicyclic) bond motifs is 1. The lowest BCUT2D eigenvalue weighted by Crippen LogP contribution is -2.32. The molecule has 3 N–H and O–H groups in total. The number of aromatic nitrogens is 2. The van der Waals surface area contributed by atoms with Gasteiger partial charge in [-0.3, -0.25) is 19.7 Å². The van der Waals surface area contributed by atoms with E-state index in [-0.39, 0.29) is 17.5 Å². The third-order valence-electron chi connectivity index (χ3n) is 6.27. The number of benzene rings is 3. The number of anilines is 3. The minimum Gasteiger partial charge on any atom is -0.343 e. The van der Waals surface area contributed by atoms with Crippen LogP contribution >= 0.6 is 0 Å². The van der Waals surface area contributed by atoms with E-state index in [0.717, 1.165) is 5.56 Å². The van der Waals surface area contributed by atoms with Crippen molar-refractivity contribution in [1.82, 2.24) is 9.78 Å². The number of aryl methyl sites for hydroxylation is 1. The van der Waals surface area contributed by atoms with E-state index in [4.69, 9.17) is 0 Å². The Hall–Kier alpha value is -5.25. The predicted octanol–water partition coefficient (Wildman–Crippen LogP) is 5.28. The van der Waals surface area contributed by atoms with Crippen LogP contribution in [-0.2, 0) is 4.79 Å². The van der Waals surface area contributed by atoms with Gasteiger partial charge in [0.05, 0.1) is 16.7 Å². The quantitative estimate of drug-likeness (QED) is 0.240. The lowest BCUT2D eigenvalue weighted by Gasteiger charge is -2.30. The SMILES string of the molecule is CC1=C(C(=O)Nc2ccccc2)[C@@H](c2ccc([N+](=O)[O-])cc2)n2ncc(C(=O)Nc3ccc(C)cc3)c2N1. The van der Waals surface area contributed by atoms with Gasteiger partial charge in [0.15, 0.2) is 0 Å². The first-order valence-corrected chi connectivity index (χ1v) is 11.9. The maximum Gasteiger partial charge on any atom is 0.269 e. The van der Waals surface area contributed by atoms with Crippen molar-refractivity contribution >= 4 is 34.7 Å². The molecule has 1 aliphatic heterocycles. The molecular weight excluding hydrogens is 484 g/mol. The fraction of sp³-hybridized carbons (Fsp3) is 0.107. The summed E-state index contributed by atoms with van der Waals surface area (Å²) in [5.41, 5.74) is 4.04. The van der Waals surface area contributed by atoms with E-state index < -0.39 is 11.0 Å². The highest BCUT2D eigenvalue weighted by atomic mass is 16.6. The molecule has 0 aliphatic carbocycles. The largest absolute Gasteiger partial charge is 0.343 e. The third-order valence-corrected chi connectivity index (χ3v) is 6.27. The Labute approximate surface area is 218 Å². The molecule has 10 heteroatoms. The molecule has 2 heterocycles. The molecule has 10 nitrogen and oxygen atoms in total. The number of para-hydroxylation sites is 1. The van der Waals surface area contributed by atoms with Crippen LogP contribution in [0.3, 0.4) is 0 Å². The normalized spacial score (nSPS) is 14.3. The molecule has 0 saturated heterocycles. The Morgan fingerprint density at radius 3 is 2.18 bits per heavy atom.